The second-order valence-electron chi connectivity index (χ2n) is 6.57. The Kier molecular flexibility index (Phi) is 5.45. The van der Waals surface area contributed by atoms with Crippen LogP contribution >= 0.6 is 0 Å². The molecule has 0 heterocycles. The van der Waals surface area contributed by atoms with Gasteiger partial charge >= 0.3 is 29.0 Å². The smallest absolute Gasteiger partial charge is 1.00 e. The van der Waals surface area contributed by atoms with Crippen molar-refractivity contribution in [2.75, 3.05) is 0 Å². The van der Waals surface area contributed by atoms with Crippen molar-refractivity contribution >= 4 is 29.0 Å². The van der Waals surface area contributed by atoms with Gasteiger partial charge in [0.15, 0.2) is 0 Å². The fraction of sp³-hybridized carbons (Fsp3) is 0.533. The molecule has 0 aliphatic heterocycles. The molecule has 1 aromatic rings. The Balaban J connectivity index is -0.000000963. The van der Waals surface area contributed by atoms with E-state index in [1.165, 1.54) is 5.56 Å². The molecule has 0 saturated carbocycles. The summed E-state index contributed by atoms with van der Waals surface area (Å²) in [5.41, 5.74) is 2.36. The molecule has 18 heavy (non-hydrogen) atoms. The third-order valence-corrected chi connectivity index (χ3v) is 2.92. The van der Waals surface area contributed by atoms with Gasteiger partial charge in [-0.2, -0.15) is 0 Å². The monoisotopic (exact) mass is 260 g/mol. The molecule has 0 aromatic heterocycles. The molecular weight excluding hydrogens is 236 g/mol. The fourth-order valence-corrected chi connectivity index (χ4v) is 1.82. The van der Waals surface area contributed by atoms with E-state index in [-0.39, 0.29) is 36.7 Å². The zero-order valence-corrected chi connectivity index (χ0v) is 13.7. The summed E-state index contributed by atoms with van der Waals surface area (Å²) in [4.78, 5) is 11.2. The van der Waals surface area contributed by atoms with E-state index in [1.54, 1.807) is 6.07 Å². The summed E-state index contributed by atoms with van der Waals surface area (Å²) in [6.07, 6.45) is 0. The molecule has 0 aliphatic carbocycles. The number of hydrogen-bond donors (Lipinski definition) is 1. The van der Waals surface area contributed by atoms with Crippen molar-refractivity contribution in [2.45, 2.75) is 52.4 Å². The number of carbonyl (C=O) groups is 1. The van der Waals surface area contributed by atoms with Crippen LogP contribution in [0, 0.1) is 0 Å². The van der Waals surface area contributed by atoms with Gasteiger partial charge in [-0.15, -0.1) is 0 Å². The summed E-state index contributed by atoms with van der Waals surface area (Å²) >= 11 is 0. The number of hydrogen-bond acceptors (Lipinski definition) is 1. The summed E-state index contributed by atoms with van der Waals surface area (Å²) in [5, 5.41) is 9.22. The van der Waals surface area contributed by atoms with Gasteiger partial charge in [-0.25, -0.2) is 4.79 Å². The Morgan fingerprint density at radius 3 is 1.89 bits per heavy atom. The van der Waals surface area contributed by atoms with Crippen LogP contribution < -0.4 is 0 Å². The maximum atomic E-state index is 11.2. The molecule has 0 unspecified atom stereocenters. The SMILES string of the molecule is CC(C)(C)c1ccc(C(=O)O)c(C(C)(C)C)c1.[H-].[H-].[Mg+2]. The van der Waals surface area contributed by atoms with Crippen LogP contribution in [0.3, 0.4) is 0 Å². The second kappa shape index (κ2) is 5.62. The first-order valence-corrected chi connectivity index (χ1v) is 5.92. The van der Waals surface area contributed by atoms with Gasteiger partial charge in [0, 0.05) is 0 Å². The Bertz CT molecular complexity index is 446. The Hall–Kier alpha value is -0.544. The molecule has 0 amide bonds. The van der Waals surface area contributed by atoms with Gasteiger partial charge in [0.05, 0.1) is 5.56 Å². The average Bonchev–Trinajstić information content (AvgIpc) is 2.14. The van der Waals surface area contributed by atoms with Crippen molar-refractivity contribution in [1.29, 1.82) is 0 Å². The number of benzene rings is 1. The molecule has 0 atom stereocenters. The quantitative estimate of drug-likeness (QED) is 0.780. The molecular formula is C15H24MgO2. The van der Waals surface area contributed by atoms with Gasteiger partial charge in [-0.1, -0.05) is 53.7 Å². The normalized spacial score (nSPS) is 11.9. The zero-order chi connectivity index (χ0) is 13.4. The molecule has 1 rings (SSSR count). The van der Waals surface area contributed by atoms with Crippen molar-refractivity contribution in [2.24, 2.45) is 0 Å². The van der Waals surface area contributed by atoms with Gasteiger partial charge in [0.25, 0.3) is 0 Å². The van der Waals surface area contributed by atoms with Crippen LogP contribution in [0.25, 0.3) is 0 Å². The van der Waals surface area contributed by atoms with Gasteiger partial charge in [-0.05, 0) is 28.0 Å². The zero-order valence-electron chi connectivity index (χ0n) is 14.3. The topological polar surface area (TPSA) is 37.3 Å². The van der Waals surface area contributed by atoms with Crippen LogP contribution in [0.1, 0.15) is 65.9 Å². The number of carboxylic acid groups (broad SMARTS) is 1. The largest absolute Gasteiger partial charge is 2.00 e. The van der Waals surface area contributed by atoms with Crippen LogP contribution in [-0.2, 0) is 10.8 Å². The molecule has 1 N–H and O–H groups in total. The first-order chi connectivity index (χ1) is 7.53. The Labute approximate surface area is 129 Å². The maximum Gasteiger partial charge on any atom is 2.00 e. The summed E-state index contributed by atoms with van der Waals surface area (Å²) in [7, 11) is 0. The van der Waals surface area contributed by atoms with Gasteiger partial charge in [0.1, 0.15) is 0 Å². The predicted molar refractivity (Wildman–Crippen MR) is 78.8 cm³/mol. The van der Waals surface area contributed by atoms with E-state index in [1.807, 2.05) is 32.9 Å². The molecule has 1 aromatic carbocycles. The van der Waals surface area contributed by atoms with Crippen LogP contribution in [0.5, 0.6) is 0 Å². The van der Waals surface area contributed by atoms with Gasteiger partial charge in [-0.3, -0.25) is 0 Å². The van der Waals surface area contributed by atoms with Crippen molar-refractivity contribution < 1.29 is 12.8 Å². The maximum absolute atomic E-state index is 11.2. The molecule has 0 fully saturated rings. The van der Waals surface area contributed by atoms with E-state index < -0.39 is 5.97 Å². The van der Waals surface area contributed by atoms with Crippen LogP contribution in [0.4, 0.5) is 0 Å². The minimum Gasteiger partial charge on any atom is -1.00 e. The standard InChI is InChI=1S/C15H22O2.Mg.2H/c1-14(2,3)10-7-8-11(13(16)17)12(9-10)15(4,5)6;;;/h7-9H,1-6H3,(H,16,17);;;/q;+2;2*-1. The van der Waals surface area contributed by atoms with Crippen molar-refractivity contribution in [3.05, 3.63) is 34.9 Å². The summed E-state index contributed by atoms with van der Waals surface area (Å²) in [5.74, 6) is -0.851. The van der Waals surface area contributed by atoms with E-state index >= 15 is 0 Å². The first-order valence-electron chi connectivity index (χ1n) is 5.92. The molecule has 0 bridgehead atoms. The van der Waals surface area contributed by atoms with Crippen molar-refractivity contribution in [3.63, 3.8) is 0 Å². The summed E-state index contributed by atoms with van der Waals surface area (Å²) in [6, 6.07) is 5.67. The van der Waals surface area contributed by atoms with Crippen LogP contribution in [0.2, 0.25) is 0 Å². The van der Waals surface area contributed by atoms with Crippen LogP contribution in [0.15, 0.2) is 18.2 Å². The Morgan fingerprint density at radius 2 is 1.56 bits per heavy atom. The number of carboxylic acids is 1. The third kappa shape index (κ3) is 3.99. The molecule has 2 nitrogen and oxygen atoms in total. The van der Waals surface area contributed by atoms with Crippen molar-refractivity contribution in [1.82, 2.24) is 0 Å². The van der Waals surface area contributed by atoms with E-state index in [9.17, 15) is 9.90 Å². The van der Waals surface area contributed by atoms with Gasteiger partial charge in [0.2, 0.25) is 0 Å². The van der Waals surface area contributed by atoms with Crippen molar-refractivity contribution in [3.8, 4) is 0 Å². The molecule has 0 aliphatic rings. The first kappa shape index (κ1) is 17.5. The number of rotatable bonds is 1. The van der Waals surface area contributed by atoms with E-state index in [0.717, 1.165) is 5.56 Å². The number of aromatic carboxylic acids is 1. The predicted octanol–water partition coefficient (Wildman–Crippen LogP) is 3.82. The Morgan fingerprint density at radius 1 is 1.06 bits per heavy atom. The molecule has 3 heteroatoms. The third-order valence-electron chi connectivity index (χ3n) is 2.92. The molecule has 0 spiro atoms. The summed E-state index contributed by atoms with van der Waals surface area (Å²) < 4.78 is 0. The minimum atomic E-state index is -0.851. The van der Waals surface area contributed by atoms with Gasteiger partial charge < -0.3 is 7.96 Å². The second-order valence-corrected chi connectivity index (χ2v) is 6.57. The average molecular weight is 261 g/mol. The van der Waals surface area contributed by atoms with E-state index in [0.29, 0.717) is 5.56 Å². The minimum absolute atomic E-state index is 0. The molecule has 98 valence electrons. The van der Waals surface area contributed by atoms with Crippen LogP contribution in [-0.4, -0.2) is 34.1 Å². The van der Waals surface area contributed by atoms with E-state index in [4.69, 9.17) is 0 Å². The fourth-order valence-electron chi connectivity index (χ4n) is 1.82. The van der Waals surface area contributed by atoms with E-state index in [2.05, 4.69) is 20.8 Å². The molecule has 0 radical (unpaired) electrons. The summed E-state index contributed by atoms with van der Waals surface area (Å²) in [6.45, 7) is 12.5. The molecule has 0 saturated heterocycles.